The maximum atomic E-state index is 12.6. The topological polar surface area (TPSA) is 56.7 Å². The van der Waals surface area contributed by atoms with E-state index in [0.717, 1.165) is 24.4 Å². The zero-order chi connectivity index (χ0) is 15.2. The molecule has 1 aliphatic heterocycles. The monoisotopic (exact) mass is 296 g/mol. The van der Waals surface area contributed by atoms with Gasteiger partial charge in [-0.15, -0.1) is 10.2 Å². The van der Waals surface area contributed by atoms with Gasteiger partial charge in [-0.3, -0.25) is 0 Å². The fourth-order valence-corrected chi connectivity index (χ4v) is 2.75. The lowest BCUT2D eigenvalue weighted by atomic mass is 9.97. The van der Waals surface area contributed by atoms with Crippen LogP contribution in [0.5, 0.6) is 0 Å². The normalized spacial score (nSPS) is 22.1. The molecule has 1 aliphatic rings. The molecular weight excluding hydrogens is 281 g/mol. The molecule has 1 aromatic carbocycles. The average Bonchev–Trinajstić information content (AvgIpc) is 2.82. The second-order valence-corrected chi connectivity index (χ2v) is 5.46. The summed E-state index contributed by atoms with van der Waals surface area (Å²) in [6, 6.07) is 4.97. The molecule has 0 radical (unpaired) electrons. The molecule has 3 rings (SSSR count). The number of nitrogens with zero attached hydrogens (tertiary/aromatic N) is 3. The lowest BCUT2D eigenvalue weighted by molar-refractivity contribution is -0.137. The van der Waals surface area contributed by atoms with Gasteiger partial charge in [-0.25, -0.2) is 0 Å². The highest BCUT2D eigenvalue weighted by molar-refractivity contribution is 5.56. The molecule has 0 spiro atoms. The van der Waals surface area contributed by atoms with Crippen molar-refractivity contribution in [3.8, 4) is 11.4 Å². The number of alkyl halides is 3. The summed E-state index contributed by atoms with van der Waals surface area (Å²) in [6.07, 6.45) is -3.50. The molecule has 2 heterocycles. The van der Waals surface area contributed by atoms with Gasteiger partial charge in [-0.2, -0.15) is 13.2 Å². The van der Waals surface area contributed by atoms with Gasteiger partial charge < -0.3 is 10.3 Å². The van der Waals surface area contributed by atoms with Crippen LogP contribution in [0.1, 0.15) is 30.7 Å². The molecule has 0 fully saturated rings. The second-order valence-electron chi connectivity index (χ2n) is 5.46. The summed E-state index contributed by atoms with van der Waals surface area (Å²) in [7, 11) is 0. The number of rotatable bonds is 1. The van der Waals surface area contributed by atoms with Crippen molar-refractivity contribution in [2.75, 3.05) is 0 Å². The second kappa shape index (κ2) is 4.84. The zero-order valence-corrected chi connectivity index (χ0v) is 11.4. The molecule has 7 heteroatoms. The van der Waals surface area contributed by atoms with Crippen molar-refractivity contribution in [3.63, 3.8) is 0 Å². The Morgan fingerprint density at radius 3 is 2.48 bits per heavy atom. The summed E-state index contributed by atoms with van der Waals surface area (Å²) in [5.74, 6) is 1.61. The Morgan fingerprint density at radius 1 is 1.19 bits per heavy atom. The molecule has 2 unspecified atom stereocenters. The maximum absolute atomic E-state index is 12.6. The summed E-state index contributed by atoms with van der Waals surface area (Å²) >= 11 is 0. The minimum absolute atomic E-state index is 0.0108. The van der Waals surface area contributed by atoms with Crippen LogP contribution >= 0.6 is 0 Å². The van der Waals surface area contributed by atoms with Crippen LogP contribution in [-0.2, 0) is 12.7 Å². The highest BCUT2D eigenvalue weighted by atomic mass is 19.4. The van der Waals surface area contributed by atoms with Crippen LogP contribution in [0.15, 0.2) is 24.3 Å². The van der Waals surface area contributed by atoms with E-state index in [1.54, 1.807) is 0 Å². The largest absolute Gasteiger partial charge is 0.416 e. The van der Waals surface area contributed by atoms with Gasteiger partial charge in [0.15, 0.2) is 5.82 Å². The summed E-state index contributed by atoms with van der Waals surface area (Å²) in [5.41, 5.74) is 5.94. The van der Waals surface area contributed by atoms with Crippen molar-refractivity contribution < 1.29 is 13.2 Å². The van der Waals surface area contributed by atoms with Gasteiger partial charge in [0, 0.05) is 24.1 Å². The first kappa shape index (κ1) is 14.1. The standard InChI is InChI=1S/C14H15F3N4/c1-8-6-11(18)7-21-12(8)19-20-13(21)9-2-4-10(5-3-9)14(15,16)17/h2-5,8,11H,6-7,18H2,1H3. The Kier molecular flexibility index (Phi) is 3.24. The van der Waals surface area contributed by atoms with Crippen molar-refractivity contribution in [2.45, 2.75) is 38.0 Å². The highest BCUT2D eigenvalue weighted by Crippen LogP contribution is 2.32. The summed E-state index contributed by atoms with van der Waals surface area (Å²) in [5, 5.41) is 8.28. The Bertz CT molecular complexity index is 645. The van der Waals surface area contributed by atoms with Gasteiger partial charge in [0.2, 0.25) is 0 Å². The predicted molar refractivity (Wildman–Crippen MR) is 71.5 cm³/mol. The van der Waals surface area contributed by atoms with Crippen molar-refractivity contribution in [2.24, 2.45) is 5.73 Å². The first-order chi connectivity index (χ1) is 9.86. The molecule has 0 aliphatic carbocycles. The molecule has 2 N–H and O–H groups in total. The number of hydrogen-bond donors (Lipinski definition) is 1. The van der Waals surface area contributed by atoms with Crippen LogP contribution in [0.25, 0.3) is 11.4 Å². The minimum Gasteiger partial charge on any atom is -0.326 e. The number of aromatic nitrogens is 3. The number of hydrogen-bond acceptors (Lipinski definition) is 3. The third-order valence-corrected chi connectivity index (χ3v) is 3.76. The SMILES string of the molecule is CC1CC(N)Cn2c(-c3ccc(C(F)(F)F)cc3)nnc21. The zero-order valence-electron chi connectivity index (χ0n) is 11.4. The molecule has 112 valence electrons. The molecule has 4 nitrogen and oxygen atoms in total. The number of benzene rings is 1. The van der Waals surface area contributed by atoms with E-state index in [1.807, 2.05) is 11.5 Å². The Labute approximate surface area is 119 Å². The van der Waals surface area contributed by atoms with E-state index < -0.39 is 11.7 Å². The maximum Gasteiger partial charge on any atom is 0.416 e. The van der Waals surface area contributed by atoms with E-state index >= 15 is 0 Å². The predicted octanol–water partition coefficient (Wildman–Crippen LogP) is 2.80. The Balaban J connectivity index is 1.99. The molecule has 0 saturated heterocycles. The molecule has 0 saturated carbocycles. The van der Waals surface area contributed by atoms with Gasteiger partial charge in [-0.1, -0.05) is 19.1 Å². The Hall–Kier alpha value is -1.89. The first-order valence-electron chi connectivity index (χ1n) is 6.72. The van der Waals surface area contributed by atoms with Crippen LogP contribution in [0.2, 0.25) is 0 Å². The molecule has 2 aromatic rings. The summed E-state index contributed by atoms with van der Waals surface area (Å²) in [6.45, 7) is 2.61. The van der Waals surface area contributed by atoms with Crippen LogP contribution in [0, 0.1) is 0 Å². The fraction of sp³-hybridized carbons (Fsp3) is 0.429. The van der Waals surface area contributed by atoms with Crippen LogP contribution < -0.4 is 5.73 Å². The van der Waals surface area contributed by atoms with Crippen LogP contribution in [0.4, 0.5) is 13.2 Å². The average molecular weight is 296 g/mol. The summed E-state index contributed by atoms with van der Waals surface area (Å²) in [4.78, 5) is 0. The third kappa shape index (κ3) is 2.53. The lowest BCUT2D eigenvalue weighted by Gasteiger charge is -2.25. The van der Waals surface area contributed by atoms with E-state index in [1.165, 1.54) is 12.1 Å². The lowest BCUT2D eigenvalue weighted by Crippen LogP contribution is -2.33. The van der Waals surface area contributed by atoms with Gasteiger partial charge in [0.1, 0.15) is 5.82 Å². The van der Waals surface area contributed by atoms with Gasteiger partial charge >= 0.3 is 6.18 Å². The third-order valence-electron chi connectivity index (χ3n) is 3.76. The van der Waals surface area contributed by atoms with E-state index in [2.05, 4.69) is 10.2 Å². The number of fused-ring (bicyclic) bond motifs is 1. The van der Waals surface area contributed by atoms with Crippen molar-refractivity contribution in [3.05, 3.63) is 35.7 Å². The molecule has 21 heavy (non-hydrogen) atoms. The molecule has 1 aromatic heterocycles. The number of nitrogens with two attached hydrogens (primary N) is 1. The highest BCUT2D eigenvalue weighted by Gasteiger charge is 2.31. The van der Waals surface area contributed by atoms with Crippen molar-refractivity contribution in [1.82, 2.24) is 14.8 Å². The molecular formula is C14H15F3N4. The Morgan fingerprint density at radius 2 is 1.86 bits per heavy atom. The van der Waals surface area contributed by atoms with E-state index in [9.17, 15) is 13.2 Å². The van der Waals surface area contributed by atoms with Crippen molar-refractivity contribution in [1.29, 1.82) is 0 Å². The number of halogens is 3. The van der Waals surface area contributed by atoms with Crippen LogP contribution in [-0.4, -0.2) is 20.8 Å². The van der Waals surface area contributed by atoms with Crippen molar-refractivity contribution >= 4 is 0 Å². The smallest absolute Gasteiger partial charge is 0.326 e. The van der Waals surface area contributed by atoms with Gasteiger partial charge in [0.05, 0.1) is 5.56 Å². The molecule has 2 atom stereocenters. The van der Waals surface area contributed by atoms with Gasteiger partial charge in [0.25, 0.3) is 0 Å². The van der Waals surface area contributed by atoms with E-state index in [-0.39, 0.29) is 12.0 Å². The summed E-state index contributed by atoms with van der Waals surface area (Å²) < 4.78 is 39.7. The van der Waals surface area contributed by atoms with Gasteiger partial charge in [-0.05, 0) is 18.6 Å². The minimum atomic E-state index is -4.33. The molecule has 0 amide bonds. The fourth-order valence-electron chi connectivity index (χ4n) is 2.75. The van der Waals surface area contributed by atoms with Crippen LogP contribution in [0.3, 0.4) is 0 Å². The van der Waals surface area contributed by atoms with E-state index in [0.29, 0.717) is 17.9 Å². The first-order valence-corrected chi connectivity index (χ1v) is 6.72. The van der Waals surface area contributed by atoms with E-state index in [4.69, 9.17) is 5.73 Å². The quantitative estimate of drug-likeness (QED) is 0.880. The molecule has 0 bridgehead atoms.